The maximum Gasteiger partial charge on any atom is 0.0652 e. The molecule has 0 saturated heterocycles. The Labute approximate surface area is 70.4 Å². The van der Waals surface area contributed by atoms with Crippen LogP contribution < -0.4 is 0 Å². The zero-order valence-corrected chi connectivity index (χ0v) is 7.93. The molecule has 0 saturated carbocycles. The zero-order chi connectivity index (χ0) is 8.69. The van der Waals surface area contributed by atoms with Crippen molar-refractivity contribution < 1.29 is 0 Å². The Bertz CT molecular complexity index is 121. The molecule has 0 N–H and O–H groups in total. The van der Waals surface area contributed by atoms with Gasteiger partial charge in [-0.15, -0.1) is 0 Å². The molecule has 1 heteroatoms. The average molecular weight is 153 g/mol. The number of nitrogens with zero attached hydrogens (tertiary/aromatic N) is 1. The van der Waals surface area contributed by atoms with Gasteiger partial charge in [-0.1, -0.05) is 33.1 Å². The van der Waals surface area contributed by atoms with E-state index < -0.39 is 0 Å². The van der Waals surface area contributed by atoms with E-state index in [0.29, 0.717) is 0 Å². The van der Waals surface area contributed by atoms with Crippen LogP contribution in [-0.2, 0) is 0 Å². The van der Waals surface area contributed by atoms with Crippen LogP contribution in [0.5, 0.6) is 0 Å². The number of unbranched alkanes of at least 4 members (excludes halogenated alkanes) is 1. The van der Waals surface area contributed by atoms with Crippen molar-refractivity contribution in [2.24, 2.45) is 11.8 Å². The lowest BCUT2D eigenvalue weighted by Crippen LogP contribution is -1.91. The molecule has 0 bridgehead atoms. The highest BCUT2D eigenvalue weighted by molar-refractivity contribution is 4.77. The van der Waals surface area contributed by atoms with Crippen LogP contribution in [0.1, 0.15) is 46.5 Å². The Morgan fingerprint density at radius 1 is 1.09 bits per heavy atom. The summed E-state index contributed by atoms with van der Waals surface area (Å²) in [7, 11) is 0. The molecular weight excluding hydrogens is 134 g/mol. The minimum atomic E-state index is 0.252. The molecule has 0 radical (unpaired) electrons. The van der Waals surface area contributed by atoms with Gasteiger partial charge in [0.1, 0.15) is 0 Å². The largest absolute Gasteiger partial charge is 0.198 e. The summed E-state index contributed by atoms with van der Waals surface area (Å²) in [6.45, 7) is 6.48. The van der Waals surface area contributed by atoms with Crippen LogP contribution >= 0.6 is 0 Å². The van der Waals surface area contributed by atoms with E-state index in [0.717, 1.165) is 12.3 Å². The first-order chi connectivity index (χ1) is 5.16. The van der Waals surface area contributed by atoms with Crippen LogP contribution in [0.3, 0.4) is 0 Å². The molecule has 1 nitrogen and oxygen atoms in total. The molecule has 0 aromatic rings. The molecule has 64 valence electrons. The molecule has 11 heavy (non-hydrogen) atoms. The molecule has 0 aromatic heterocycles. The van der Waals surface area contributed by atoms with Gasteiger partial charge in [0.05, 0.1) is 6.07 Å². The van der Waals surface area contributed by atoms with Crippen molar-refractivity contribution in [3.63, 3.8) is 0 Å². The van der Waals surface area contributed by atoms with E-state index in [1.807, 2.05) is 6.92 Å². The van der Waals surface area contributed by atoms with Crippen LogP contribution in [0.25, 0.3) is 0 Å². The molecule has 0 aromatic carbocycles. The lowest BCUT2D eigenvalue weighted by Gasteiger charge is -2.04. The van der Waals surface area contributed by atoms with Crippen molar-refractivity contribution in [1.29, 1.82) is 5.26 Å². The fourth-order valence-electron chi connectivity index (χ4n) is 1.07. The Kier molecular flexibility index (Phi) is 5.93. The van der Waals surface area contributed by atoms with E-state index in [9.17, 15) is 0 Å². The highest BCUT2D eigenvalue weighted by Crippen LogP contribution is 2.11. The minimum absolute atomic E-state index is 0.252. The third-order valence-electron chi connectivity index (χ3n) is 1.89. The SMILES string of the molecule is CC(C)CCCCC(C)C#N. The van der Waals surface area contributed by atoms with Gasteiger partial charge in [-0.05, 0) is 19.3 Å². The normalized spacial score (nSPS) is 13.0. The van der Waals surface area contributed by atoms with E-state index in [1.165, 1.54) is 19.3 Å². The lowest BCUT2D eigenvalue weighted by molar-refractivity contribution is 0.504. The molecule has 0 rings (SSSR count). The van der Waals surface area contributed by atoms with Crippen molar-refractivity contribution in [2.45, 2.75) is 46.5 Å². The molecule has 1 atom stereocenters. The molecule has 0 spiro atoms. The molecular formula is C10H19N. The summed E-state index contributed by atoms with van der Waals surface area (Å²) < 4.78 is 0. The summed E-state index contributed by atoms with van der Waals surface area (Å²) >= 11 is 0. The average Bonchev–Trinajstić information content (AvgIpc) is 1.97. The highest BCUT2D eigenvalue weighted by Gasteiger charge is 1.99. The van der Waals surface area contributed by atoms with Gasteiger partial charge in [0.25, 0.3) is 0 Å². The van der Waals surface area contributed by atoms with E-state index in [1.54, 1.807) is 0 Å². The Balaban J connectivity index is 3.10. The van der Waals surface area contributed by atoms with E-state index in [4.69, 9.17) is 5.26 Å². The molecule has 0 aliphatic rings. The molecule has 0 fully saturated rings. The van der Waals surface area contributed by atoms with Crippen LogP contribution in [-0.4, -0.2) is 0 Å². The standard InChI is InChI=1S/C10H19N/c1-9(2)6-4-5-7-10(3)8-11/h9-10H,4-7H2,1-3H3. The topological polar surface area (TPSA) is 23.8 Å². The van der Waals surface area contributed by atoms with Gasteiger partial charge in [-0.3, -0.25) is 0 Å². The highest BCUT2D eigenvalue weighted by atomic mass is 14.3. The monoisotopic (exact) mass is 153 g/mol. The second-order valence-electron chi connectivity index (χ2n) is 3.71. The van der Waals surface area contributed by atoms with Crippen molar-refractivity contribution in [3.8, 4) is 6.07 Å². The van der Waals surface area contributed by atoms with Crippen LogP contribution in [0.2, 0.25) is 0 Å². The third kappa shape index (κ3) is 7.39. The van der Waals surface area contributed by atoms with Crippen molar-refractivity contribution in [2.75, 3.05) is 0 Å². The molecule has 1 unspecified atom stereocenters. The minimum Gasteiger partial charge on any atom is -0.198 e. The van der Waals surface area contributed by atoms with Crippen LogP contribution in [0.4, 0.5) is 0 Å². The number of hydrogen-bond donors (Lipinski definition) is 0. The first-order valence-corrected chi connectivity index (χ1v) is 4.56. The first kappa shape index (κ1) is 10.5. The molecule has 0 aliphatic carbocycles. The van der Waals surface area contributed by atoms with Crippen LogP contribution in [0, 0.1) is 23.2 Å². The lowest BCUT2D eigenvalue weighted by atomic mass is 10.0. The third-order valence-corrected chi connectivity index (χ3v) is 1.89. The number of nitriles is 1. The Morgan fingerprint density at radius 3 is 2.09 bits per heavy atom. The van der Waals surface area contributed by atoms with Gasteiger partial charge in [-0.2, -0.15) is 5.26 Å². The van der Waals surface area contributed by atoms with Gasteiger partial charge < -0.3 is 0 Å². The smallest absolute Gasteiger partial charge is 0.0652 e. The maximum absolute atomic E-state index is 8.49. The van der Waals surface area contributed by atoms with Crippen molar-refractivity contribution in [3.05, 3.63) is 0 Å². The summed E-state index contributed by atoms with van der Waals surface area (Å²) in [5.74, 6) is 1.06. The fourth-order valence-corrected chi connectivity index (χ4v) is 1.07. The first-order valence-electron chi connectivity index (χ1n) is 4.56. The van der Waals surface area contributed by atoms with Gasteiger partial charge in [-0.25, -0.2) is 0 Å². The summed E-state index contributed by atoms with van der Waals surface area (Å²) in [4.78, 5) is 0. The molecule has 0 heterocycles. The second kappa shape index (κ2) is 6.22. The van der Waals surface area contributed by atoms with E-state index in [2.05, 4.69) is 19.9 Å². The predicted octanol–water partition coefficient (Wildman–Crippen LogP) is 3.36. The van der Waals surface area contributed by atoms with Gasteiger partial charge in [0, 0.05) is 5.92 Å². The number of hydrogen-bond acceptors (Lipinski definition) is 1. The summed E-state index contributed by atoms with van der Waals surface area (Å²) in [6.07, 6.45) is 4.87. The quantitative estimate of drug-likeness (QED) is 0.555. The van der Waals surface area contributed by atoms with Crippen LogP contribution in [0.15, 0.2) is 0 Å². The van der Waals surface area contributed by atoms with E-state index in [-0.39, 0.29) is 5.92 Å². The summed E-state index contributed by atoms with van der Waals surface area (Å²) in [5.41, 5.74) is 0. The number of rotatable bonds is 5. The van der Waals surface area contributed by atoms with E-state index >= 15 is 0 Å². The predicted molar refractivity (Wildman–Crippen MR) is 48.1 cm³/mol. The summed E-state index contributed by atoms with van der Waals surface area (Å²) in [5, 5.41) is 8.49. The fraction of sp³-hybridized carbons (Fsp3) is 0.900. The van der Waals surface area contributed by atoms with Crippen molar-refractivity contribution in [1.82, 2.24) is 0 Å². The maximum atomic E-state index is 8.49. The molecule has 0 amide bonds. The Hall–Kier alpha value is -0.510. The van der Waals surface area contributed by atoms with Crippen molar-refractivity contribution >= 4 is 0 Å². The molecule has 0 aliphatic heterocycles. The van der Waals surface area contributed by atoms with Gasteiger partial charge in [0.2, 0.25) is 0 Å². The van der Waals surface area contributed by atoms with Gasteiger partial charge in [0.15, 0.2) is 0 Å². The van der Waals surface area contributed by atoms with Gasteiger partial charge >= 0.3 is 0 Å². The summed E-state index contributed by atoms with van der Waals surface area (Å²) in [6, 6.07) is 2.25. The Morgan fingerprint density at radius 2 is 1.64 bits per heavy atom. The zero-order valence-electron chi connectivity index (χ0n) is 7.93. The second-order valence-corrected chi connectivity index (χ2v) is 3.71.